The average Bonchev–Trinajstić information content (AvgIpc) is 2.58. The minimum absolute atomic E-state index is 0.255. The Balaban J connectivity index is 1.93. The molecular formula is C17H25N. The molecule has 2 atom stereocenters. The molecule has 1 aromatic carbocycles. The minimum Gasteiger partial charge on any atom is -0.366 e. The summed E-state index contributed by atoms with van der Waals surface area (Å²) in [6.45, 7) is 6.91. The third kappa shape index (κ3) is 2.04. The van der Waals surface area contributed by atoms with E-state index < -0.39 is 0 Å². The first kappa shape index (κ1) is 12.1. The highest BCUT2D eigenvalue weighted by molar-refractivity contribution is 5.53. The van der Waals surface area contributed by atoms with Gasteiger partial charge in [0.1, 0.15) is 0 Å². The molecular weight excluding hydrogens is 218 g/mol. The van der Waals surface area contributed by atoms with Crippen LogP contribution in [0.4, 0.5) is 5.69 Å². The van der Waals surface area contributed by atoms with Gasteiger partial charge in [-0.3, -0.25) is 0 Å². The van der Waals surface area contributed by atoms with E-state index in [0.717, 1.165) is 12.1 Å². The number of piperidine rings is 1. The van der Waals surface area contributed by atoms with Crippen LogP contribution in [0.5, 0.6) is 0 Å². The summed E-state index contributed by atoms with van der Waals surface area (Å²) in [5.41, 5.74) is 3.18. The van der Waals surface area contributed by atoms with Crippen LogP contribution in [0, 0.1) is 0 Å². The Bertz CT molecular complexity index is 413. The quantitative estimate of drug-likeness (QED) is 0.701. The number of hydrogen-bond donors (Lipinski definition) is 0. The van der Waals surface area contributed by atoms with Gasteiger partial charge in [0.25, 0.3) is 0 Å². The molecule has 1 aromatic rings. The topological polar surface area (TPSA) is 3.24 Å². The predicted octanol–water partition coefficient (Wildman–Crippen LogP) is 4.51. The average molecular weight is 243 g/mol. The smallest absolute Gasteiger partial charge is 0.0374 e. The van der Waals surface area contributed by atoms with Crippen molar-refractivity contribution in [1.29, 1.82) is 0 Å². The van der Waals surface area contributed by atoms with Gasteiger partial charge in [-0.15, -0.1) is 0 Å². The van der Waals surface area contributed by atoms with E-state index in [1.165, 1.54) is 43.4 Å². The number of nitrogens with zero attached hydrogens (tertiary/aromatic N) is 1. The van der Waals surface area contributed by atoms with E-state index in [0.29, 0.717) is 0 Å². The molecule has 0 N–H and O–H groups in total. The fourth-order valence-corrected chi connectivity index (χ4v) is 3.67. The second-order valence-electron chi connectivity index (χ2n) is 7.02. The third-order valence-electron chi connectivity index (χ3n) is 4.70. The second kappa shape index (κ2) is 4.29. The lowest BCUT2D eigenvalue weighted by molar-refractivity contribution is 0.467. The van der Waals surface area contributed by atoms with Crippen molar-refractivity contribution in [1.82, 2.24) is 0 Å². The molecule has 1 nitrogen and oxygen atoms in total. The normalized spacial score (nSPS) is 27.6. The van der Waals surface area contributed by atoms with Crippen molar-refractivity contribution in [3.63, 3.8) is 0 Å². The Labute approximate surface area is 111 Å². The van der Waals surface area contributed by atoms with Crippen LogP contribution in [-0.2, 0) is 5.41 Å². The summed E-state index contributed by atoms with van der Waals surface area (Å²) in [7, 11) is 0. The van der Waals surface area contributed by atoms with Gasteiger partial charge in [0.15, 0.2) is 0 Å². The van der Waals surface area contributed by atoms with Gasteiger partial charge >= 0.3 is 0 Å². The largest absolute Gasteiger partial charge is 0.366 e. The SMILES string of the molecule is CC(C)(C)c1cccc(N2C3CCCC2CC3)c1. The molecule has 0 aliphatic carbocycles. The van der Waals surface area contributed by atoms with E-state index in [2.05, 4.69) is 49.9 Å². The highest BCUT2D eigenvalue weighted by Gasteiger charge is 2.36. The van der Waals surface area contributed by atoms with Gasteiger partial charge in [-0.05, 0) is 55.2 Å². The van der Waals surface area contributed by atoms with E-state index in [1.807, 2.05) is 0 Å². The first-order valence-corrected chi connectivity index (χ1v) is 7.44. The van der Waals surface area contributed by atoms with Crippen molar-refractivity contribution < 1.29 is 0 Å². The summed E-state index contributed by atoms with van der Waals surface area (Å²) < 4.78 is 0. The van der Waals surface area contributed by atoms with Crippen LogP contribution in [0.15, 0.2) is 24.3 Å². The highest BCUT2D eigenvalue weighted by Crippen LogP contribution is 2.40. The maximum atomic E-state index is 2.72. The molecule has 2 fully saturated rings. The molecule has 18 heavy (non-hydrogen) atoms. The summed E-state index contributed by atoms with van der Waals surface area (Å²) in [4.78, 5) is 2.72. The maximum absolute atomic E-state index is 2.72. The van der Waals surface area contributed by atoms with E-state index in [9.17, 15) is 0 Å². The molecule has 2 saturated heterocycles. The van der Waals surface area contributed by atoms with Crippen molar-refractivity contribution in [2.75, 3.05) is 4.90 Å². The Hall–Kier alpha value is -0.980. The van der Waals surface area contributed by atoms with Crippen molar-refractivity contribution in [3.8, 4) is 0 Å². The zero-order valence-electron chi connectivity index (χ0n) is 11.9. The van der Waals surface area contributed by atoms with Gasteiger partial charge in [-0.1, -0.05) is 32.9 Å². The summed E-state index contributed by atoms with van der Waals surface area (Å²) in [6.07, 6.45) is 7.05. The zero-order chi connectivity index (χ0) is 12.8. The number of anilines is 1. The summed E-state index contributed by atoms with van der Waals surface area (Å²) in [6, 6.07) is 10.9. The molecule has 0 saturated carbocycles. The molecule has 0 aromatic heterocycles. The van der Waals surface area contributed by atoms with Crippen LogP contribution >= 0.6 is 0 Å². The maximum Gasteiger partial charge on any atom is 0.0374 e. The molecule has 0 spiro atoms. The lowest BCUT2D eigenvalue weighted by Crippen LogP contribution is -2.39. The Morgan fingerprint density at radius 1 is 1.00 bits per heavy atom. The summed E-state index contributed by atoms with van der Waals surface area (Å²) >= 11 is 0. The first-order chi connectivity index (χ1) is 8.55. The lowest BCUT2D eigenvalue weighted by atomic mass is 9.86. The van der Waals surface area contributed by atoms with Gasteiger partial charge in [0, 0.05) is 17.8 Å². The van der Waals surface area contributed by atoms with Crippen molar-refractivity contribution in [3.05, 3.63) is 29.8 Å². The monoisotopic (exact) mass is 243 g/mol. The van der Waals surface area contributed by atoms with Gasteiger partial charge in [0.05, 0.1) is 0 Å². The van der Waals surface area contributed by atoms with Gasteiger partial charge in [0.2, 0.25) is 0 Å². The lowest BCUT2D eigenvalue weighted by Gasteiger charge is -2.37. The number of rotatable bonds is 1. The number of benzene rings is 1. The van der Waals surface area contributed by atoms with Crippen molar-refractivity contribution in [2.45, 2.75) is 70.4 Å². The van der Waals surface area contributed by atoms with Crippen molar-refractivity contribution >= 4 is 5.69 Å². The third-order valence-corrected chi connectivity index (χ3v) is 4.70. The van der Waals surface area contributed by atoms with Crippen LogP contribution in [0.1, 0.15) is 58.4 Å². The Morgan fingerprint density at radius 3 is 2.28 bits per heavy atom. The van der Waals surface area contributed by atoms with Crippen LogP contribution < -0.4 is 4.90 Å². The molecule has 1 heteroatoms. The van der Waals surface area contributed by atoms with Crippen LogP contribution in [-0.4, -0.2) is 12.1 Å². The number of hydrogen-bond acceptors (Lipinski definition) is 1. The van der Waals surface area contributed by atoms with E-state index in [-0.39, 0.29) is 5.41 Å². The summed E-state index contributed by atoms with van der Waals surface area (Å²) in [5, 5.41) is 0. The fraction of sp³-hybridized carbons (Fsp3) is 0.647. The summed E-state index contributed by atoms with van der Waals surface area (Å²) in [5.74, 6) is 0. The molecule has 0 radical (unpaired) electrons. The Morgan fingerprint density at radius 2 is 1.67 bits per heavy atom. The van der Waals surface area contributed by atoms with E-state index in [1.54, 1.807) is 0 Å². The molecule has 2 unspecified atom stereocenters. The zero-order valence-corrected chi connectivity index (χ0v) is 11.9. The first-order valence-electron chi connectivity index (χ1n) is 7.44. The van der Waals surface area contributed by atoms with Crippen LogP contribution in [0.2, 0.25) is 0 Å². The molecule has 2 aliphatic heterocycles. The Kier molecular flexibility index (Phi) is 2.88. The van der Waals surface area contributed by atoms with Crippen LogP contribution in [0.25, 0.3) is 0 Å². The molecule has 2 bridgehead atoms. The molecule has 2 aliphatic rings. The highest BCUT2D eigenvalue weighted by atomic mass is 15.2. The van der Waals surface area contributed by atoms with Gasteiger partial charge in [-0.2, -0.15) is 0 Å². The van der Waals surface area contributed by atoms with Gasteiger partial charge < -0.3 is 4.90 Å². The number of fused-ring (bicyclic) bond motifs is 2. The predicted molar refractivity (Wildman–Crippen MR) is 78.3 cm³/mol. The molecule has 2 heterocycles. The van der Waals surface area contributed by atoms with Crippen LogP contribution in [0.3, 0.4) is 0 Å². The van der Waals surface area contributed by atoms with Gasteiger partial charge in [-0.25, -0.2) is 0 Å². The fourth-order valence-electron chi connectivity index (χ4n) is 3.67. The van der Waals surface area contributed by atoms with E-state index in [4.69, 9.17) is 0 Å². The standard InChI is InChI=1S/C17H25N/c1-17(2,3)13-6-4-9-16(12-13)18-14-7-5-8-15(18)11-10-14/h4,6,9,12,14-15H,5,7-8,10-11H2,1-3H3. The minimum atomic E-state index is 0.255. The van der Waals surface area contributed by atoms with Crippen molar-refractivity contribution in [2.24, 2.45) is 0 Å². The molecule has 98 valence electrons. The second-order valence-corrected chi connectivity index (χ2v) is 7.02. The molecule has 0 amide bonds. The molecule has 3 rings (SSSR count). The van der Waals surface area contributed by atoms with E-state index >= 15 is 0 Å².